The molecule has 1 aliphatic carbocycles. The predicted molar refractivity (Wildman–Crippen MR) is 97.4 cm³/mol. The highest BCUT2D eigenvalue weighted by molar-refractivity contribution is 6.07. The SMILES string of the molecule is COc1cc2c(cc1NC(=O)[C@@H]1CC[C@H](C(=O)O)C1)oc1ccccc12. The molecule has 1 aliphatic rings. The van der Waals surface area contributed by atoms with Crippen molar-refractivity contribution < 1.29 is 23.8 Å². The molecule has 0 aliphatic heterocycles. The van der Waals surface area contributed by atoms with E-state index in [9.17, 15) is 9.59 Å². The molecule has 2 atom stereocenters. The van der Waals surface area contributed by atoms with E-state index in [2.05, 4.69) is 5.32 Å². The van der Waals surface area contributed by atoms with Crippen molar-refractivity contribution in [1.29, 1.82) is 0 Å². The second-order valence-electron chi connectivity index (χ2n) is 6.68. The Labute approximate surface area is 149 Å². The number of hydrogen-bond acceptors (Lipinski definition) is 4. The molecule has 0 spiro atoms. The topological polar surface area (TPSA) is 88.8 Å². The zero-order chi connectivity index (χ0) is 18.3. The molecule has 2 N–H and O–H groups in total. The van der Waals surface area contributed by atoms with Crippen molar-refractivity contribution in [2.45, 2.75) is 19.3 Å². The number of carboxylic acids is 1. The fourth-order valence-electron chi connectivity index (χ4n) is 3.70. The molecule has 134 valence electrons. The Balaban J connectivity index is 1.64. The summed E-state index contributed by atoms with van der Waals surface area (Å²) in [6.07, 6.45) is 1.49. The number of hydrogen-bond donors (Lipinski definition) is 2. The van der Waals surface area contributed by atoms with Crippen LogP contribution in [0.2, 0.25) is 0 Å². The highest BCUT2D eigenvalue weighted by Crippen LogP contribution is 2.37. The molecule has 1 aromatic heterocycles. The van der Waals surface area contributed by atoms with E-state index in [1.165, 1.54) is 0 Å². The number of carbonyl (C=O) groups excluding carboxylic acids is 1. The van der Waals surface area contributed by atoms with Gasteiger partial charge in [0.1, 0.15) is 16.9 Å². The van der Waals surface area contributed by atoms with Crippen molar-refractivity contribution in [3.63, 3.8) is 0 Å². The summed E-state index contributed by atoms with van der Waals surface area (Å²) in [5, 5.41) is 13.9. The Morgan fingerprint density at radius 1 is 1.12 bits per heavy atom. The summed E-state index contributed by atoms with van der Waals surface area (Å²) in [7, 11) is 1.55. The van der Waals surface area contributed by atoms with Crippen LogP contribution in [-0.2, 0) is 9.59 Å². The van der Waals surface area contributed by atoms with E-state index < -0.39 is 11.9 Å². The zero-order valence-electron chi connectivity index (χ0n) is 14.3. The fourth-order valence-corrected chi connectivity index (χ4v) is 3.70. The minimum absolute atomic E-state index is 0.178. The molecule has 3 aromatic rings. The normalized spacial score (nSPS) is 19.7. The van der Waals surface area contributed by atoms with Crippen LogP contribution < -0.4 is 10.1 Å². The van der Waals surface area contributed by atoms with Gasteiger partial charge in [-0.3, -0.25) is 9.59 Å². The van der Waals surface area contributed by atoms with Gasteiger partial charge in [-0.1, -0.05) is 18.2 Å². The van der Waals surface area contributed by atoms with Gasteiger partial charge in [0.15, 0.2) is 0 Å². The lowest BCUT2D eigenvalue weighted by atomic mass is 10.0. The van der Waals surface area contributed by atoms with Gasteiger partial charge in [0.05, 0.1) is 18.7 Å². The molecule has 6 nitrogen and oxygen atoms in total. The Kier molecular flexibility index (Phi) is 4.03. The maximum Gasteiger partial charge on any atom is 0.306 e. The fraction of sp³-hybridized carbons (Fsp3) is 0.300. The molecule has 1 fully saturated rings. The van der Waals surface area contributed by atoms with E-state index >= 15 is 0 Å². The number of nitrogens with one attached hydrogen (secondary N) is 1. The molecule has 2 aromatic carbocycles. The third kappa shape index (κ3) is 2.77. The Morgan fingerprint density at radius 2 is 1.88 bits per heavy atom. The summed E-state index contributed by atoms with van der Waals surface area (Å²) in [4.78, 5) is 23.7. The molecule has 1 heterocycles. The number of carboxylic acid groups (broad SMARTS) is 1. The number of para-hydroxylation sites is 1. The van der Waals surface area contributed by atoms with Crippen LogP contribution in [0.4, 0.5) is 5.69 Å². The van der Waals surface area contributed by atoms with Crippen LogP contribution in [0.25, 0.3) is 21.9 Å². The van der Waals surface area contributed by atoms with Crippen molar-refractivity contribution in [3.05, 3.63) is 36.4 Å². The molecular formula is C20H19NO5. The van der Waals surface area contributed by atoms with Gasteiger partial charge in [0.25, 0.3) is 0 Å². The number of aliphatic carboxylic acids is 1. The third-order valence-corrected chi connectivity index (χ3v) is 5.11. The van der Waals surface area contributed by atoms with E-state index in [0.717, 1.165) is 16.4 Å². The average Bonchev–Trinajstić information content (AvgIpc) is 3.25. The summed E-state index contributed by atoms with van der Waals surface area (Å²) in [6.45, 7) is 0. The number of benzene rings is 2. The van der Waals surface area contributed by atoms with Gasteiger partial charge in [-0.15, -0.1) is 0 Å². The van der Waals surface area contributed by atoms with Crippen LogP contribution >= 0.6 is 0 Å². The largest absolute Gasteiger partial charge is 0.495 e. The first kappa shape index (κ1) is 16.4. The lowest BCUT2D eigenvalue weighted by Crippen LogP contribution is -2.22. The van der Waals surface area contributed by atoms with E-state index in [0.29, 0.717) is 36.3 Å². The summed E-state index contributed by atoms with van der Waals surface area (Å²) in [5.74, 6) is -1.20. The first-order chi connectivity index (χ1) is 12.6. The van der Waals surface area contributed by atoms with Gasteiger partial charge in [0, 0.05) is 22.8 Å². The quantitative estimate of drug-likeness (QED) is 0.739. The Hall–Kier alpha value is -3.02. The number of rotatable bonds is 4. The van der Waals surface area contributed by atoms with Crippen LogP contribution in [0.1, 0.15) is 19.3 Å². The third-order valence-electron chi connectivity index (χ3n) is 5.11. The van der Waals surface area contributed by atoms with Crippen LogP contribution in [0, 0.1) is 11.8 Å². The van der Waals surface area contributed by atoms with E-state index in [1.54, 1.807) is 13.2 Å². The van der Waals surface area contributed by atoms with Crippen LogP contribution in [0.5, 0.6) is 5.75 Å². The van der Waals surface area contributed by atoms with Crippen LogP contribution in [-0.4, -0.2) is 24.1 Å². The van der Waals surface area contributed by atoms with Crippen molar-refractivity contribution in [2.75, 3.05) is 12.4 Å². The van der Waals surface area contributed by atoms with E-state index in [4.69, 9.17) is 14.3 Å². The smallest absolute Gasteiger partial charge is 0.306 e. The zero-order valence-corrected chi connectivity index (χ0v) is 14.3. The molecule has 1 saturated carbocycles. The monoisotopic (exact) mass is 353 g/mol. The van der Waals surface area contributed by atoms with Crippen molar-refractivity contribution in [2.24, 2.45) is 11.8 Å². The molecule has 0 bridgehead atoms. The molecule has 0 saturated heterocycles. The summed E-state index contributed by atoms with van der Waals surface area (Å²) >= 11 is 0. The van der Waals surface area contributed by atoms with Crippen LogP contribution in [0.15, 0.2) is 40.8 Å². The molecule has 0 radical (unpaired) electrons. The second kappa shape index (κ2) is 6.37. The van der Waals surface area contributed by atoms with Gasteiger partial charge in [0.2, 0.25) is 5.91 Å². The number of furan rings is 1. The number of fused-ring (bicyclic) bond motifs is 3. The molecule has 26 heavy (non-hydrogen) atoms. The molecular weight excluding hydrogens is 334 g/mol. The first-order valence-electron chi connectivity index (χ1n) is 8.59. The molecule has 0 unspecified atom stereocenters. The number of amides is 1. The van der Waals surface area contributed by atoms with Gasteiger partial charge < -0.3 is 19.6 Å². The van der Waals surface area contributed by atoms with E-state index in [-0.39, 0.29) is 11.8 Å². The molecule has 1 amide bonds. The van der Waals surface area contributed by atoms with Gasteiger partial charge in [-0.25, -0.2) is 0 Å². The number of methoxy groups -OCH3 is 1. The minimum Gasteiger partial charge on any atom is -0.495 e. The van der Waals surface area contributed by atoms with Crippen molar-refractivity contribution in [1.82, 2.24) is 0 Å². The first-order valence-corrected chi connectivity index (χ1v) is 8.59. The predicted octanol–water partition coefficient (Wildman–Crippen LogP) is 4.03. The Bertz CT molecular complexity index is 1010. The number of ether oxygens (including phenoxy) is 1. The summed E-state index contributed by atoms with van der Waals surface area (Å²) in [6, 6.07) is 11.3. The number of anilines is 1. The number of carbonyl (C=O) groups is 2. The lowest BCUT2D eigenvalue weighted by molar-refractivity contribution is -0.141. The van der Waals surface area contributed by atoms with Crippen molar-refractivity contribution >= 4 is 39.5 Å². The van der Waals surface area contributed by atoms with Crippen molar-refractivity contribution in [3.8, 4) is 5.75 Å². The standard InChI is InChI=1S/C20H19NO5/c1-25-18-9-14-13-4-2-3-5-16(13)26-17(14)10-15(18)21-19(22)11-6-7-12(8-11)20(23)24/h2-5,9-12H,6-8H2,1H3,(H,21,22)(H,23,24)/t11-,12+/m1/s1. The minimum atomic E-state index is -0.832. The summed E-state index contributed by atoms with van der Waals surface area (Å²) < 4.78 is 11.3. The second-order valence-corrected chi connectivity index (χ2v) is 6.68. The molecule has 6 heteroatoms. The highest BCUT2D eigenvalue weighted by atomic mass is 16.5. The average molecular weight is 353 g/mol. The maximum atomic E-state index is 12.6. The van der Waals surface area contributed by atoms with Gasteiger partial charge in [-0.2, -0.15) is 0 Å². The van der Waals surface area contributed by atoms with Gasteiger partial charge >= 0.3 is 5.97 Å². The lowest BCUT2D eigenvalue weighted by Gasteiger charge is -2.13. The van der Waals surface area contributed by atoms with E-state index in [1.807, 2.05) is 30.3 Å². The maximum absolute atomic E-state index is 12.6. The molecule has 4 rings (SSSR count). The Morgan fingerprint density at radius 3 is 2.62 bits per heavy atom. The van der Waals surface area contributed by atoms with Crippen LogP contribution in [0.3, 0.4) is 0 Å². The summed E-state index contributed by atoms with van der Waals surface area (Å²) in [5.41, 5.74) is 1.97. The highest BCUT2D eigenvalue weighted by Gasteiger charge is 2.34. The van der Waals surface area contributed by atoms with Gasteiger partial charge in [-0.05, 0) is 31.4 Å².